The number of fused-ring (bicyclic) bond motifs is 1. The molecule has 0 unspecified atom stereocenters. The van der Waals surface area contributed by atoms with Crippen LogP contribution >= 0.6 is 11.3 Å². The third-order valence-corrected chi connectivity index (χ3v) is 11.7. The van der Waals surface area contributed by atoms with Crippen molar-refractivity contribution in [2.45, 2.75) is 102 Å². The molecule has 0 bridgehead atoms. The number of likely N-dealkylation sites (N-methyl/N-ethyl adjacent to an activating group) is 2. The lowest BCUT2D eigenvalue weighted by Gasteiger charge is -2.42. The number of allylic oxidation sites excluding steroid dienone is 1. The molecule has 0 saturated carbocycles. The van der Waals surface area contributed by atoms with Crippen molar-refractivity contribution in [3.63, 3.8) is 0 Å². The molecular weight excluding hydrogens is 629 g/mol. The van der Waals surface area contributed by atoms with Crippen LogP contribution in [-0.4, -0.2) is 77.2 Å². The van der Waals surface area contributed by atoms with Crippen molar-refractivity contribution >= 4 is 39.8 Å². The highest BCUT2D eigenvalue weighted by molar-refractivity contribution is 7.10. The lowest BCUT2D eigenvalue weighted by molar-refractivity contribution is -0.149. The SMILES string of the molecule is CN(C(=O)/C=C/CC(C)(C)N)[C@H](Cc1ccc2ccccc2c1)C(=O)N(C)[C@H](CC1=CCCCC1)C(=O)N1CCC(C)(c2cccs2)CC1. The van der Waals surface area contributed by atoms with E-state index in [2.05, 4.69) is 54.8 Å². The molecule has 2 aromatic carbocycles. The Kier molecular flexibility index (Phi) is 11.8. The molecule has 3 aromatic rings. The zero-order valence-corrected chi connectivity index (χ0v) is 30.8. The maximum atomic E-state index is 14.7. The van der Waals surface area contributed by atoms with Crippen molar-refractivity contribution in [1.29, 1.82) is 0 Å². The van der Waals surface area contributed by atoms with Gasteiger partial charge < -0.3 is 20.4 Å². The molecule has 5 rings (SSSR count). The molecule has 1 aliphatic carbocycles. The molecule has 1 aromatic heterocycles. The van der Waals surface area contributed by atoms with Crippen LogP contribution in [0.4, 0.5) is 0 Å². The van der Waals surface area contributed by atoms with Gasteiger partial charge in [0, 0.05) is 49.4 Å². The summed E-state index contributed by atoms with van der Waals surface area (Å²) in [6.07, 6.45) is 12.9. The quantitative estimate of drug-likeness (QED) is 0.161. The van der Waals surface area contributed by atoms with E-state index in [0.717, 1.165) is 54.9 Å². The molecule has 2 heterocycles. The summed E-state index contributed by atoms with van der Waals surface area (Å²) in [5.41, 5.74) is 7.95. The molecule has 1 saturated heterocycles. The van der Waals surface area contributed by atoms with Crippen molar-refractivity contribution in [3.8, 4) is 0 Å². The number of benzene rings is 2. The molecule has 7 nitrogen and oxygen atoms in total. The second-order valence-corrected chi connectivity index (χ2v) is 16.0. The van der Waals surface area contributed by atoms with Crippen LogP contribution in [0.3, 0.4) is 0 Å². The van der Waals surface area contributed by atoms with Crippen LogP contribution < -0.4 is 5.73 Å². The number of hydrogen-bond acceptors (Lipinski definition) is 5. The molecule has 1 fully saturated rings. The van der Waals surface area contributed by atoms with Gasteiger partial charge in [0.1, 0.15) is 12.1 Å². The van der Waals surface area contributed by atoms with Crippen molar-refractivity contribution < 1.29 is 14.4 Å². The second-order valence-electron chi connectivity index (χ2n) is 15.1. The van der Waals surface area contributed by atoms with Crippen LogP contribution in [0, 0.1) is 0 Å². The summed E-state index contributed by atoms with van der Waals surface area (Å²) in [5.74, 6) is -0.496. The number of nitrogens with two attached hydrogens (primary N) is 1. The predicted octanol–water partition coefficient (Wildman–Crippen LogP) is 7.25. The first-order valence-electron chi connectivity index (χ1n) is 17.8. The molecule has 2 N–H and O–H groups in total. The van der Waals surface area contributed by atoms with E-state index in [1.165, 1.54) is 21.4 Å². The zero-order chi connectivity index (χ0) is 35.2. The summed E-state index contributed by atoms with van der Waals surface area (Å²) in [4.78, 5) is 49.3. The number of carbonyl (C=O) groups excluding carboxylic acids is 3. The summed E-state index contributed by atoms with van der Waals surface area (Å²) in [5, 5.41) is 4.32. The van der Waals surface area contributed by atoms with Crippen LogP contribution in [0.25, 0.3) is 10.8 Å². The number of amides is 3. The second kappa shape index (κ2) is 15.9. The first-order valence-corrected chi connectivity index (χ1v) is 18.7. The van der Waals surface area contributed by atoms with E-state index in [9.17, 15) is 14.4 Å². The smallest absolute Gasteiger partial charge is 0.246 e. The van der Waals surface area contributed by atoms with E-state index in [0.29, 0.717) is 32.4 Å². The van der Waals surface area contributed by atoms with Gasteiger partial charge in [-0.1, -0.05) is 73.2 Å². The van der Waals surface area contributed by atoms with Gasteiger partial charge in [0.25, 0.3) is 0 Å². The average Bonchev–Trinajstić information content (AvgIpc) is 3.65. The summed E-state index contributed by atoms with van der Waals surface area (Å²) in [6.45, 7) is 7.44. The molecule has 49 heavy (non-hydrogen) atoms. The normalized spacial score (nSPS) is 17.8. The van der Waals surface area contributed by atoms with Crippen LogP contribution in [0.1, 0.15) is 82.6 Å². The Hall–Kier alpha value is -3.75. The summed E-state index contributed by atoms with van der Waals surface area (Å²) < 4.78 is 0. The minimum absolute atomic E-state index is 0.000870. The maximum absolute atomic E-state index is 14.7. The Bertz CT molecular complexity index is 1660. The average molecular weight is 683 g/mol. The van der Waals surface area contributed by atoms with Gasteiger partial charge in [0.05, 0.1) is 0 Å². The molecule has 1 aliphatic heterocycles. The van der Waals surface area contributed by atoms with Gasteiger partial charge in [-0.2, -0.15) is 0 Å². The Labute approximate surface area is 296 Å². The topological polar surface area (TPSA) is 87.0 Å². The number of thiophene rings is 1. The van der Waals surface area contributed by atoms with E-state index >= 15 is 0 Å². The van der Waals surface area contributed by atoms with E-state index in [-0.39, 0.29) is 23.1 Å². The Balaban J connectivity index is 1.42. The summed E-state index contributed by atoms with van der Waals surface area (Å²) in [7, 11) is 3.45. The zero-order valence-electron chi connectivity index (χ0n) is 30.0. The van der Waals surface area contributed by atoms with E-state index in [4.69, 9.17) is 5.73 Å². The van der Waals surface area contributed by atoms with Crippen LogP contribution in [0.2, 0.25) is 0 Å². The first kappa shape index (κ1) is 36.5. The standard InChI is InChI=1S/C41H54N4O3S/c1-40(2,42)21-11-18-37(46)43(4)34(29-31-19-20-32-15-9-10-16-33(32)27-31)38(47)44(5)35(28-30-13-7-6-8-14-30)39(48)45-24-22-41(3,23-25-45)36-17-12-26-49-36/h9-13,15-20,26-27,34-35H,6-8,14,21-25,28-29,42H2,1-5H3/b18-11+/t34-,35-/m1/s1. The fourth-order valence-corrected chi connectivity index (χ4v) is 8.08. The van der Waals surface area contributed by atoms with Gasteiger partial charge in [-0.05, 0) is 99.1 Å². The van der Waals surface area contributed by atoms with Crippen LogP contribution in [0.5, 0.6) is 0 Å². The lowest BCUT2D eigenvalue weighted by atomic mass is 9.79. The minimum Gasteiger partial charge on any atom is -0.341 e. The number of likely N-dealkylation sites (tertiary alicyclic amines) is 1. The van der Waals surface area contributed by atoms with E-state index in [1.54, 1.807) is 36.4 Å². The highest BCUT2D eigenvalue weighted by atomic mass is 32.1. The Morgan fingerprint density at radius 2 is 1.69 bits per heavy atom. The number of carbonyl (C=O) groups is 3. The lowest BCUT2D eigenvalue weighted by Crippen LogP contribution is -2.57. The summed E-state index contributed by atoms with van der Waals surface area (Å²) in [6, 6.07) is 17.2. The highest BCUT2D eigenvalue weighted by Gasteiger charge is 2.40. The van der Waals surface area contributed by atoms with Gasteiger partial charge in [0.15, 0.2) is 0 Å². The summed E-state index contributed by atoms with van der Waals surface area (Å²) >= 11 is 1.78. The molecule has 3 amide bonds. The van der Waals surface area contributed by atoms with Crippen molar-refractivity contribution in [2.24, 2.45) is 5.73 Å². The monoisotopic (exact) mass is 682 g/mol. The highest BCUT2D eigenvalue weighted by Crippen LogP contribution is 2.38. The van der Waals surface area contributed by atoms with Gasteiger partial charge in [0.2, 0.25) is 17.7 Å². The van der Waals surface area contributed by atoms with Gasteiger partial charge in [-0.3, -0.25) is 14.4 Å². The third-order valence-electron chi connectivity index (χ3n) is 10.5. The number of nitrogens with zero attached hydrogens (tertiary/aromatic N) is 3. The van der Waals surface area contributed by atoms with Gasteiger partial charge in [-0.25, -0.2) is 0 Å². The molecule has 8 heteroatoms. The molecular formula is C41H54N4O3S. The molecule has 0 radical (unpaired) electrons. The number of rotatable bonds is 12. The molecule has 262 valence electrons. The minimum atomic E-state index is -0.798. The van der Waals surface area contributed by atoms with Gasteiger partial charge >= 0.3 is 0 Å². The van der Waals surface area contributed by atoms with E-state index in [1.807, 2.05) is 36.9 Å². The maximum Gasteiger partial charge on any atom is 0.246 e. The van der Waals surface area contributed by atoms with Gasteiger partial charge in [-0.15, -0.1) is 11.3 Å². The van der Waals surface area contributed by atoms with Crippen molar-refractivity contribution in [2.75, 3.05) is 27.2 Å². The van der Waals surface area contributed by atoms with Crippen LogP contribution in [0.15, 0.2) is 83.8 Å². The first-order chi connectivity index (χ1) is 23.3. The largest absolute Gasteiger partial charge is 0.341 e. The molecule has 2 aliphatic rings. The molecule has 0 spiro atoms. The predicted molar refractivity (Wildman–Crippen MR) is 201 cm³/mol. The Morgan fingerprint density at radius 1 is 0.959 bits per heavy atom. The number of hydrogen-bond donors (Lipinski definition) is 1. The fourth-order valence-electron chi connectivity index (χ4n) is 7.13. The van der Waals surface area contributed by atoms with Crippen LogP contribution in [-0.2, 0) is 26.2 Å². The van der Waals surface area contributed by atoms with E-state index < -0.39 is 17.6 Å². The fraction of sp³-hybridized carbons (Fsp3) is 0.488. The Morgan fingerprint density at radius 3 is 2.35 bits per heavy atom. The van der Waals surface area contributed by atoms with Crippen molar-refractivity contribution in [1.82, 2.24) is 14.7 Å². The molecule has 2 atom stereocenters. The third kappa shape index (κ3) is 9.28. The number of piperidine rings is 1. The van der Waals surface area contributed by atoms with Crippen molar-refractivity contribution in [3.05, 3.63) is 94.2 Å².